The van der Waals surface area contributed by atoms with E-state index in [0.29, 0.717) is 34.6 Å². The fourth-order valence-corrected chi connectivity index (χ4v) is 3.33. The molecule has 144 valence electrons. The first-order valence-electron chi connectivity index (χ1n) is 8.65. The van der Waals surface area contributed by atoms with Crippen LogP contribution in [0.2, 0.25) is 0 Å². The van der Waals surface area contributed by atoms with E-state index in [4.69, 9.17) is 4.74 Å². The van der Waals surface area contributed by atoms with Gasteiger partial charge in [-0.2, -0.15) is 0 Å². The standard InChI is InChI=1S/C22H19F2NO3/c1-13-18(12-26)22(27)21(15-6-4-7-16(10-15)28-3)14(2)25(13)11-17-19(23)8-5-9-20(17)24/h4-10,12H,11H2,1-3H3. The number of carbonyl (C=O) groups excluding carboxylic acids is 1. The molecule has 6 heteroatoms. The van der Waals surface area contributed by atoms with E-state index in [1.165, 1.54) is 25.3 Å². The molecule has 0 unspecified atom stereocenters. The summed E-state index contributed by atoms with van der Waals surface area (Å²) in [7, 11) is 1.51. The van der Waals surface area contributed by atoms with Gasteiger partial charge in [0.1, 0.15) is 17.4 Å². The van der Waals surface area contributed by atoms with Gasteiger partial charge in [-0.05, 0) is 43.7 Å². The zero-order valence-electron chi connectivity index (χ0n) is 15.8. The zero-order valence-corrected chi connectivity index (χ0v) is 15.8. The molecule has 3 rings (SSSR count). The van der Waals surface area contributed by atoms with Gasteiger partial charge in [-0.25, -0.2) is 8.78 Å². The number of hydrogen-bond donors (Lipinski definition) is 0. The Balaban J connectivity index is 2.29. The highest BCUT2D eigenvalue weighted by Gasteiger charge is 2.20. The van der Waals surface area contributed by atoms with Gasteiger partial charge in [-0.1, -0.05) is 18.2 Å². The minimum atomic E-state index is -0.687. The summed E-state index contributed by atoms with van der Waals surface area (Å²) in [5.74, 6) is -0.822. The molecule has 0 radical (unpaired) electrons. The number of aldehydes is 1. The number of ether oxygens (including phenoxy) is 1. The molecule has 0 saturated heterocycles. The van der Waals surface area contributed by atoms with E-state index in [9.17, 15) is 18.4 Å². The predicted molar refractivity (Wildman–Crippen MR) is 103 cm³/mol. The normalized spacial score (nSPS) is 10.8. The Bertz CT molecular complexity index is 1100. The third kappa shape index (κ3) is 3.33. The van der Waals surface area contributed by atoms with Crippen LogP contribution in [0.1, 0.15) is 27.3 Å². The summed E-state index contributed by atoms with van der Waals surface area (Å²) in [6, 6.07) is 10.5. The van der Waals surface area contributed by atoms with E-state index in [-0.39, 0.29) is 17.7 Å². The van der Waals surface area contributed by atoms with E-state index in [1.807, 2.05) is 0 Å². The molecule has 0 N–H and O–H groups in total. The van der Waals surface area contributed by atoms with Crippen LogP contribution in [0.4, 0.5) is 8.78 Å². The van der Waals surface area contributed by atoms with Gasteiger partial charge in [0.25, 0.3) is 0 Å². The van der Waals surface area contributed by atoms with Crippen LogP contribution in [0.3, 0.4) is 0 Å². The lowest BCUT2D eigenvalue weighted by Crippen LogP contribution is -2.23. The summed E-state index contributed by atoms with van der Waals surface area (Å²) in [4.78, 5) is 24.6. The molecule has 0 amide bonds. The van der Waals surface area contributed by atoms with Crippen molar-refractivity contribution in [2.24, 2.45) is 0 Å². The van der Waals surface area contributed by atoms with E-state index < -0.39 is 17.1 Å². The van der Waals surface area contributed by atoms with E-state index in [0.717, 1.165) is 0 Å². The molecule has 0 bridgehead atoms. The lowest BCUT2D eigenvalue weighted by atomic mass is 9.99. The molecule has 1 aromatic heterocycles. The smallest absolute Gasteiger partial charge is 0.200 e. The highest BCUT2D eigenvalue weighted by Crippen LogP contribution is 2.27. The van der Waals surface area contributed by atoms with Gasteiger partial charge in [-0.15, -0.1) is 0 Å². The van der Waals surface area contributed by atoms with Crippen LogP contribution in [0.25, 0.3) is 11.1 Å². The van der Waals surface area contributed by atoms with Gasteiger partial charge in [0.2, 0.25) is 0 Å². The maximum atomic E-state index is 14.2. The SMILES string of the molecule is COc1cccc(-c2c(C)n(Cc3c(F)cccc3F)c(C)c(C=O)c2=O)c1. The number of carbonyl (C=O) groups is 1. The number of aromatic nitrogens is 1. The molecule has 0 aliphatic rings. The van der Waals surface area contributed by atoms with Crippen LogP contribution in [0, 0.1) is 25.5 Å². The molecule has 28 heavy (non-hydrogen) atoms. The van der Waals surface area contributed by atoms with Crippen molar-refractivity contribution >= 4 is 6.29 Å². The van der Waals surface area contributed by atoms with Crippen molar-refractivity contribution < 1.29 is 18.3 Å². The second-order valence-corrected chi connectivity index (χ2v) is 6.42. The third-order valence-corrected chi connectivity index (χ3v) is 4.89. The minimum absolute atomic E-state index is 0.0415. The Kier molecular flexibility index (Phi) is 5.40. The topological polar surface area (TPSA) is 48.3 Å². The van der Waals surface area contributed by atoms with Crippen molar-refractivity contribution in [1.82, 2.24) is 4.57 Å². The van der Waals surface area contributed by atoms with E-state index >= 15 is 0 Å². The lowest BCUT2D eigenvalue weighted by molar-refractivity contribution is 0.112. The van der Waals surface area contributed by atoms with Gasteiger partial charge in [0, 0.05) is 22.5 Å². The van der Waals surface area contributed by atoms with Crippen molar-refractivity contribution in [2.45, 2.75) is 20.4 Å². The largest absolute Gasteiger partial charge is 0.497 e. The third-order valence-electron chi connectivity index (χ3n) is 4.89. The number of rotatable bonds is 5. The highest BCUT2D eigenvalue weighted by molar-refractivity contribution is 5.81. The first kappa shape index (κ1) is 19.5. The van der Waals surface area contributed by atoms with E-state index in [2.05, 4.69) is 0 Å². The Hall–Kier alpha value is -3.28. The molecule has 0 saturated carbocycles. The fourth-order valence-electron chi connectivity index (χ4n) is 3.33. The molecule has 0 atom stereocenters. The van der Waals surface area contributed by atoms with Crippen LogP contribution < -0.4 is 10.2 Å². The summed E-state index contributed by atoms with van der Waals surface area (Å²) in [5.41, 5.74) is 1.11. The second-order valence-electron chi connectivity index (χ2n) is 6.42. The highest BCUT2D eigenvalue weighted by atomic mass is 19.1. The number of halogens is 2. The van der Waals surface area contributed by atoms with Crippen molar-refractivity contribution in [3.05, 3.63) is 86.8 Å². The molecule has 0 aliphatic carbocycles. The zero-order chi connectivity index (χ0) is 20.4. The Morgan fingerprint density at radius 3 is 2.29 bits per heavy atom. The Morgan fingerprint density at radius 1 is 1.04 bits per heavy atom. The molecule has 4 nitrogen and oxygen atoms in total. The molecular weight excluding hydrogens is 364 g/mol. The fraction of sp³-hybridized carbons (Fsp3) is 0.182. The van der Waals surface area contributed by atoms with Crippen LogP contribution in [0.15, 0.2) is 47.3 Å². The van der Waals surface area contributed by atoms with E-state index in [1.54, 1.807) is 42.7 Å². The molecule has 0 aliphatic heterocycles. The summed E-state index contributed by atoms with van der Waals surface area (Å²) in [6.45, 7) is 3.14. The first-order valence-corrected chi connectivity index (χ1v) is 8.65. The van der Waals surface area contributed by atoms with Crippen LogP contribution in [-0.2, 0) is 6.54 Å². The maximum absolute atomic E-state index is 14.2. The molecular formula is C22H19F2NO3. The number of hydrogen-bond acceptors (Lipinski definition) is 3. The van der Waals surface area contributed by atoms with Gasteiger partial charge in [-0.3, -0.25) is 9.59 Å². The van der Waals surface area contributed by atoms with Crippen molar-refractivity contribution in [3.63, 3.8) is 0 Å². The Labute approximate surface area is 161 Å². The summed E-state index contributed by atoms with van der Waals surface area (Å²) >= 11 is 0. The molecule has 1 heterocycles. The monoisotopic (exact) mass is 383 g/mol. The van der Waals surface area contributed by atoms with Crippen LogP contribution in [-0.4, -0.2) is 18.0 Å². The van der Waals surface area contributed by atoms with Gasteiger partial charge in [0.15, 0.2) is 11.7 Å². The first-order chi connectivity index (χ1) is 13.4. The number of nitrogens with zero attached hydrogens (tertiary/aromatic N) is 1. The van der Waals surface area contributed by atoms with Crippen LogP contribution >= 0.6 is 0 Å². The van der Waals surface area contributed by atoms with Crippen molar-refractivity contribution in [2.75, 3.05) is 7.11 Å². The maximum Gasteiger partial charge on any atom is 0.200 e. The number of benzene rings is 2. The molecule has 0 fully saturated rings. The summed E-state index contributed by atoms with van der Waals surface area (Å²) < 4.78 is 35.2. The lowest BCUT2D eigenvalue weighted by Gasteiger charge is -2.20. The number of pyridine rings is 1. The van der Waals surface area contributed by atoms with Gasteiger partial charge < -0.3 is 9.30 Å². The second kappa shape index (κ2) is 7.76. The number of methoxy groups -OCH3 is 1. The summed E-state index contributed by atoms with van der Waals surface area (Å²) in [5, 5.41) is 0. The Morgan fingerprint density at radius 2 is 1.68 bits per heavy atom. The summed E-state index contributed by atoms with van der Waals surface area (Å²) in [6.07, 6.45) is 0.481. The van der Waals surface area contributed by atoms with Crippen molar-refractivity contribution in [1.29, 1.82) is 0 Å². The minimum Gasteiger partial charge on any atom is -0.497 e. The molecule has 3 aromatic rings. The predicted octanol–water partition coefficient (Wildman–Crippen LogP) is 4.28. The average molecular weight is 383 g/mol. The molecule has 0 spiro atoms. The van der Waals surface area contributed by atoms with Gasteiger partial charge >= 0.3 is 0 Å². The van der Waals surface area contributed by atoms with Crippen molar-refractivity contribution in [3.8, 4) is 16.9 Å². The van der Waals surface area contributed by atoms with Crippen LogP contribution in [0.5, 0.6) is 5.75 Å². The van der Waals surface area contributed by atoms with Gasteiger partial charge in [0.05, 0.1) is 19.2 Å². The quantitative estimate of drug-likeness (QED) is 0.618. The average Bonchev–Trinajstić information content (AvgIpc) is 2.67. The molecule has 2 aromatic carbocycles.